The molecule has 1 aromatic heterocycles. The highest BCUT2D eigenvalue weighted by atomic mass is 32.1. The first kappa shape index (κ1) is 16.2. The number of hydrogen-bond donors (Lipinski definition) is 2. The summed E-state index contributed by atoms with van der Waals surface area (Å²) in [5.74, 6) is 0.237. The molecule has 118 valence electrons. The largest absolute Gasteiger partial charge is 0.490 e. The molecule has 0 aliphatic rings. The van der Waals surface area contributed by atoms with Crippen LogP contribution in [-0.2, 0) is 6.42 Å². The first-order valence-corrected chi connectivity index (χ1v) is 7.76. The Kier molecular flexibility index (Phi) is 5.68. The summed E-state index contributed by atoms with van der Waals surface area (Å²) in [7, 11) is 1.41. The Labute approximate surface area is 132 Å². The molecule has 2 N–H and O–H groups in total. The molecule has 0 saturated carbocycles. The lowest BCUT2D eigenvalue weighted by atomic mass is 10.2. The number of nitrogens with one attached hydrogen (secondary N) is 2. The van der Waals surface area contributed by atoms with Crippen LogP contribution in [-0.4, -0.2) is 30.1 Å². The van der Waals surface area contributed by atoms with E-state index >= 15 is 0 Å². The van der Waals surface area contributed by atoms with Crippen LogP contribution in [0.15, 0.2) is 23.6 Å². The predicted molar refractivity (Wildman–Crippen MR) is 87.3 cm³/mol. The van der Waals surface area contributed by atoms with Crippen LogP contribution >= 0.6 is 11.3 Å². The average Bonchev–Trinajstić information content (AvgIpc) is 2.95. The van der Waals surface area contributed by atoms with Gasteiger partial charge in [0.1, 0.15) is 0 Å². The number of thiazole rings is 1. The molecule has 0 fully saturated rings. The molecule has 22 heavy (non-hydrogen) atoms. The maximum Gasteiger partial charge on any atom is 0.312 e. The van der Waals surface area contributed by atoms with Crippen LogP contribution in [0.5, 0.6) is 5.75 Å². The number of aromatic nitrogens is 1. The van der Waals surface area contributed by atoms with Gasteiger partial charge in [-0.25, -0.2) is 4.98 Å². The second kappa shape index (κ2) is 7.71. The van der Waals surface area contributed by atoms with Gasteiger partial charge in [0.25, 0.3) is 0 Å². The quantitative estimate of drug-likeness (QED) is 0.441. The molecule has 2 rings (SSSR count). The molecular weight excluding hydrogens is 304 g/mol. The van der Waals surface area contributed by atoms with Crippen LogP contribution in [0.25, 0.3) is 0 Å². The lowest BCUT2D eigenvalue weighted by molar-refractivity contribution is -0.385. The molecule has 0 aliphatic heterocycles. The minimum absolute atomic E-state index is 0.0728. The van der Waals surface area contributed by atoms with Crippen LogP contribution in [0.1, 0.15) is 12.6 Å². The average molecular weight is 322 g/mol. The molecule has 1 aromatic carbocycles. The Morgan fingerprint density at radius 3 is 2.95 bits per heavy atom. The summed E-state index contributed by atoms with van der Waals surface area (Å²) in [5.41, 5.74) is 1.54. The van der Waals surface area contributed by atoms with E-state index in [1.807, 2.05) is 5.38 Å². The number of methoxy groups -OCH3 is 1. The smallest absolute Gasteiger partial charge is 0.312 e. The zero-order valence-corrected chi connectivity index (χ0v) is 13.3. The second-order valence-electron chi connectivity index (χ2n) is 4.52. The molecule has 0 bridgehead atoms. The van der Waals surface area contributed by atoms with Crippen molar-refractivity contribution in [3.05, 3.63) is 39.4 Å². The summed E-state index contributed by atoms with van der Waals surface area (Å²) in [6, 6.07) is 4.74. The van der Waals surface area contributed by atoms with Crippen molar-refractivity contribution < 1.29 is 9.66 Å². The van der Waals surface area contributed by atoms with E-state index in [1.54, 1.807) is 12.1 Å². The van der Waals surface area contributed by atoms with E-state index < -0.39 is 4.92 Å². The van der Waals surface area contributed by atoms with E-state index in [4.69, 9.17) is 4.74 Å². The molecule has 0 amide bonds. The van der Waals surface area contributed by atoms with Crippen LogP contribution < -0.4 is 15.4 Å². The number of rotatable bonds is 8. The molecule has 1 heterocycles. The first-order chi connectivity index (χ1) is 10.6. The Morgan fingerprint density at radius 2 is 2.27 bits per heavy atom. The molecule has 0 atom stereocenters. The van der Waals surface area contributed by atoms with Crippen molar-refractivity contribution in [1.82, 2.24) is 10.3 Å². The summed E-state index contributed by atoms with van der Waals surface area (Å²) in [4.78, 5) is 15.0. The zero-order chi connectivity index (χ0) is 15.9. The Balaban J connectivity index is 2.07. The SMILES string of the molecule is CCNCCc1csc(Nc2ccc(OC)c([N+](=O)[O-])c2)n1. The highest BCUT2D eigenvalue weighted by Crippen LogP contribution is 2.31. The topological polar surface area (TPSA) is 89.3 Å². The molecular formula is C14H18N4O3S. The summed E-state index contributed by atoms with van der Waals surface area (Å²) >= 11 is 1.48. The van der Waals surface area contributed by atoms with E-state index in [1.165, 1.54) is 24.5 Å². The third-order valence-electron chi connectivity index (χ3n) is 2.99. The van der Waals surface area contributed by atoms with Gasteiger partial charge < -0.3 is 15.4 Å². The number of anilines is 2. The van der Waals surface area contributed by atoms with Crippen molar-refractivity contribution in [2.45, 2.75) is 13.3 Å². The van der Waals surface area contributed by atoms with Crippen LogP contribution in [0.2, 0.25) is 0 Å². The van der Waals surface area contributed by atoms with Gasteiger partial charge in [-0.15, -0.1) is 11.3 Å². The lowest BCUT2D eigenvalue weighted by Gasteiger charge is -2.05. The summed E-state index contributed by atoms with van der Waals surface area (Å²) in [5, 5.41) is 20.0. The monoisotopic (exact) mass is 322 g/mol. The molecule has 0 aliphatic carbocycles. The number of benzene rings is 1. The van der Waals surface area contributed by atoms with E-state index in [2.05, 4.69) is 22.5 Å². The van der Waals surface area contributed by atoms with Gasteiger partial charge in [0.2, 0.25) is 0 Å². The van der Waals surface area contributed by atoms with Gasteiger partial charge in [-0.05, 0) is 18.7 Å². The lowest BCUT2D eigenvalue weighted by Crippen LogP contribution is -2.16. The van der Waals surface area contributed by atoms with Gasteiger partial charge in [-0.1, -0.05) is 6.92 Å². The first-order valence-electron chi connectivity index (χ1n) is 6.88. The summed E-state index contributed by atoms with van der Waals surface area (Å²) in [6.45, 7) is 3.88. The maximum absolute atomic E-state index is 11.0. The van der Waals surface area contributed by atoms with Crippen molar-refractivity contribution in [2.24, 2.45) is 0 Å². The van der Waals surface area contributed by atoms with E-state index in [0.29, 0.717) is 10.8 Å². The highest BCUT2D eigenvalue weighted by Gasteiger charge is 2.15. The van der Waals surface area contributed by atoms with Crippen LogP contribution in [0.3, 0.4) is 0 Å². The van der Waals surface area contributed by atoms with Gasteiger partial charge in [-0.2, -0.15) is 0 Å². The maximum atomic E-state index is 11.0. The van der Waals surface area contributed by atoms with Gasteiger partial charge in [0.15, 0.2) is 10.9 Å². The van der Waals surface area contributed by atoms with Crippen LogP contribution in [0.4, 0.5) is 16.5 Å². The number of nitro groups is 1. The molecule has 0 unspecified atom stereocenters. The van der Waals surface area contributed by atoms with Crippen molar-refractivity contribution in [3.63, 3.8) is 0 Å². The fraction of sp³-hybridized carbons (Fsp3) is 0.357. The highest BCUT2D eigenvalue weighted by molar-refractivity contribution is 7.13. The van der Waals surface area contributed by atoms with Gasteiger partial charge in [0.05, 0.1) is 17.7 Å². The standard InChI is InChI=1S/C14H18N4O3S/c1-3-15-7-6-11-9-22-14(17-11)16-10-4-5-13(21-2)12(8-10)18(19)20/h4-5,8-9,15H,3,6-7H2,1-2H3,(H,16,17). The molecule has 8 heteroatoms. The second-order valence-corrected chi connectivity index (χ2v) is 5.37. The number of ether oxygens (including phenoxy) is 1. The van der Waals surface area contributed by atoms with Crippen LogP contribution in [0, 0.1) is 10.1 Å². The third-order valence-corrected chi connectivity index (χ3v) is 3.79. The molecule has 7 nitrogen and oxygen atoms in total. The minimum Gasteiger partial charge on any atom is -0.490 e. The molecule has 2 aromatic rings. The Hall–Kier alpha value is -2.19. The molecule has 0 saturated heterocycles. The van der Waals surface area contributed by atoms with E-state index in [0.717, 1.165) is 25.2 Å². The van der Waals surface area contributed by atoms with E-state index in [9.17, 15) is 10.1 Å². The fourth-order valence-corrected chi connectivity index (χ4v) is 2.67. The van der Waals surface area contributed by atoms with Crippen molar-refractivity contribution in [1.29, 1.82) is 0 Å². The van der Waals surface area contributed by atoms with Gasteiger partial charge in [-0.3, -0.25) is 10.1 Å². The third kappa shape index (κ3) is 4.15. The van der Waals surface area contributed by atoms with Crippen molar-refractivity contribution in [2.75, 3.05) is 25.5 Å². The van der Waals surface area contributed by atoms with Crippen molar-refractivity contribution in [3.8, 4) is 5.75 Å². The zero-order valence-electron chi connectivity index (χ0n) is 12.5. The van der Waals surface area contributed by atoms with Gasteiger partial charge in [0, 0.05) is 30.1 Å². The fourth-order valence-electron chi connectivity index (χ4n) is 1.91. The summed E-state index contributed by atoms with van der Waals surface area (Å²) in [6.07, 6.45) is 0.856. The number of nitro benzene ring substituents is 1. The molecule has 0 spiro atoms. The number of likely N-dealkylation sites (N-methyl/N-ethyl adjacent to an activating group) is 1. The Bertz CT molecular complexity index is 645. The predicted octanol–water partition coefficient (Wildman–Crippen LogP) is 2.96. The number of nitrogens with zero attached hydrogens (tertiary/aromatic N) is 2. The summed E-state index contributed by atoms with van der Waals surface area (Å²) < 4.78 is 4.98. The molecule has 0 radical (unpaired) electrons. The minimum atomic E-state index is -0.465. The number of hydrogen-bond acceptors (Lipinski definition) is 7. The van der Waals surface area contributed by atoms with Crippen molar-refractivity contribution >= 4 is 27.8 Å². The van der Waals surface area contributed by atoms with Gasteiger partial charge >= 0.3 is 5.69 Å². The Morgan fingerprint density at radius 1 is 1.45 bits per heavy atom. The van der Waals surface area contributed by atoms with E-state index in [-0.39, 0.29) is 11.4 Å². The normalized spacial score (nSPS) is 10.5.